The van der Waals surface area contributed by atoms with Gasteiger partial charge >= 0.3 is 5.97 Å². The van der Waals surface area contributed by atoms with E-state index in [0.717, 1.165) is 61.7 Å². The van der Waals surface area contributed by atoms with Crippen molar-refractivity contribution in [3.63, 3.8) is 0 Å². The number of ether oxygens (including phenoxy) is 2. The molecule has 1 saturated carbocycles. The molecular formula is C37H45ClN4O6S. The predicted molar refractivity (Wildman–Crippen MR) is 188 cm³/mol. The zero-order chi connectivity index (χ0) is 34.9. The molecule has 1 amide bonds. The van der Waals surface area contributed by atoms with Crippen LogP contribution in [0, 0.1) is 17.8 Å². The summed E-state index contributed by atoms with van der Waals surface area (Å²) in [6.07, 6.45) is 7.94. The van der Waals surface area contributed by atoms with Crippen LogP contribution in [-0.2, 0) is 31.2 Å². The summed E-state index contributed by atoms with van der Waals surface area (Å²) in [5.74, 6) is 0.458. The molecule has 0 saturated heterocycles. The minimum Gasteiger partial charge on any atom is -0.490 e. The highest BCUT2D eigenvalue weighted by atomic mass is 35.5. The molecule has 2 heterocycles. The molecule has 5 atom stereocenters. The van der Waals surface area contributed by atoms with E-state index in [1.807, 2.05) is 18.2 Å². The average Bonchev–Trinajstić information content (AvgIpc) is 3.25. The van der Waals surface area contributed by atoms with Crippen molar-refractivity contribution >= 4 is 39.0 Å². The molecule has 3 aromatic rings. The number of rotatable bonds is 10. The molecule has 49 heavy (non-hydrogen) atoms. The summed E-state index contributed by atoms with van der Waals surface area (Å²) in [6, 6.07) is 13.3. The number of carbonyl (C=O) groups excluding carboxylic acids is 2. The molecule has 0 radical (unpaired) electrons. The lowest BCUT2D eigenvalue weighted by Crippen LogP contribution is -2.49. The van der Waals surface area contributed by atoms with Crippen molar-refractivity contribution in [2.24, 2.45) is 17.8 Å². The monoisotopic (exact) mass is 708 g/mol. The summed E-state index contributed by atoms with van der Waals surface area (Å²) in [7, 11) is -0.575. The van der Waals surface area contributed by atoms with Crippen molar-refractivity contribution in [3.05, 3.63) is 76.6 Å². The second-order valence-electron chi connectivity index (χ2n) is 14.1. The van der Waals surface area contributed by atoms with Crippen LogP contribution in [0.25, 0.3) is 0 Å². The Morgan fingerprint density at radius 1 is 1.12 bits per heavy atom. The molecule has 1 spiro atoms. The number of fused-ring (bicyclic) bond motifs is 3. The normalized spacial score (nSPS) is 22.8. The number of carbonyl (C=O) groups is 2. The Balaban J connectivity index is 1.18. The maximum absolute atomic E-state index is 13.4. The summed E-state index contributed by atoms with van der Waals surface area (Å²) in [6.45, 7) is 6.00. The quantitative estimate of drug-likeness (QED) is 0.191. The van der Waals surface area contributed by atoms with Crippen LogP contribution in [0.2, 0.25) is 5.02 Å². The van der Waals surface area contributed by atoms with E-state index in [1.54, 1.807) is 37.9 Å². The topological polar surface area (TPSA) is 119 Å². The Labute approximate surface area is 294 Å². The Morgan fingerprint density at radius 2 is 1.88 bits per heavy atom. The number of hydrogen-bond donors (Lipinski definition) is 0. The van der Waals surface area contributed by atoms with Crippen LogP contribution in [0.4, 0.5) is 5.69 Å². The van der Waals surface area contributed by atoms with Gasteiger partial charge < -0.3 is 19.3 Å². The van der Waals surface area contributed by atoms with Gasteiger partial charge in [0.25, 0.3) is 0 Å². The van der Waals surface area contributed by atoms with E-state index in [0.29, 0.717) is 24.6 Å². The molecule has 1 fully saturated rings. The smallest absolute Gasteiger partial charge is 0.337 e. The number of anilines is 1. The predicted octanol–water partition coefficient (Wildman–Crippen LogP) is 5.76. The first-order chi connectivity index (χ1) is 23.4. The number of aryl methyl sites for hydroxylation is 1. The Hall–Kier alpha value is -3.70. The Bertz CT molecular complexity index is 1810. The molecule has 1 aliphatic heterocycles. The van der Waals surface area contributed by atoms with Gasteiger partial charge in [-0.25, -0.2) is 23.2 Å². The van der Waals surface area contributed by atoms with Crippen LogP contribution in [0.5, 0.6) is 5.75 Å². The highest BCUT2D eigenvalue weighted by Crippen LogP contribution is 2.46. The second kappa shape index (κ2) is 14.3. The molecule has 12 heteroatoms. The molecule has 1 unspecified atom stereocenters. The highest BCUT2D eigenvalue weighted by molar-refractivity contribution is 7.91. The number of nitrogens with zero attached hydrogens (tertiary/aromatic N) is 4. The minimum atomic E-state index is -3.77. The van der Waals surface area contributed by atoms with Crippen LogP contribution in [0.15, 0.2) is 60.0 Å². The van der Waals surface area contributed by atoms with E-state index >= 15 is 0 Å². The molecule has 262 valence electrons. The molecule has 10 nitrogen and oxygen atoms in total. The van der Waals surface area contributed by atoms with Crippen LogP contribution in [0.1, 0.15) is 67.4 Å². The maximum atomic E-state index is 13.4. The number of hydrogen-bond acceptors (Lipinski definition) is 9. The van der Waals surface area contributed by atoms with Gasteiger partial charge in [-0.3, -0.25) is 4.79 Å². The average molecular weight is 709 g/mol. The summed E-state index contributed by atoms with van der Waals surface area (Å²) >= 11 is 6.42. The number of aromatic nitrogens is 2. The molecule has 0 N–H and O–H groups in total. The van der Waals surface area contributed by atoms with Crippen LogP contribution in [0.3, 0.4) is 0 Å². The standard InChI is InChI=1S/C37H45ClN4O6S/c1-24(25(2)49(45,46)36-39-15-6-16-40-36)17-34(43)41(3)20-28-8-9-29(28)21-42-22-37(14-5-7-26-18-30(38)11-12-31(26)37)23-48-33-13-10-27(19-32(33)42)35(44)47-4/h6,10-13,15-16,18-19,24-25,28-29H,5,7-9,14,17,20-23H2,1-4H3/t24-,25-,28-,29-,37?/m0/s1. The zero-order valence-corrected chi connectivity index (χ0v) is 30.2. The number of methoxy groups -OCH3 is 1. The van der Waals surface area contributed by atoms with Gasteiger partial charge in [0.05, 0.1) is 30.2 Å². The van der Waals surface area contributed by atoms with Crippen molar-refractivity contribution < 1.29 is 27.5 Å². The third-order valence-electron chi connectivity index (χ3n) is 11.0. The first-order valence-electron chi connectivity index (χ1n) is 17.1. The van der Waals surface area contributed by atoms with Gasteiger partial charge in [-0.2, -0.15) is 0 Å². The fraction of sp³-hybridized carbons (Fsp3) is 0.514. The maximum Gasteiger partial charge on any atom is 0.337 e. The van der Waals surface area contributed by atoms with Gasteiger partial charge in [0, 0.05) is 55.9 Å². The zero-order valence-electron chi connectivity index (χ0n) is 28.6. The SMILES string of the molecule is COC(=O)c1ccc2c(c1)N(C[C@@H]1CC[C@H]1CN(C)C(=O)C[C@H](C)[C@H](C)S(=O)(=O)c1ncccn1)CC1(CCCc3cc(Cl)ccc31)CO2. The number of benzene rings is 2. The van der Waals surface area contributed by atoms with Gasteiger partial charge in [0.15, 0.2) is 0 Å². The van der Waals surface area contributed by atoms with E-state index in [1.165, 1.54) is 30.6 Å². The van der Waals surface area contributed by atoms with Gasteiger partial charge in [-0.1, -0.05) is 24.6 Å². The summed E-state index contributed by atoms with van der Waals surface area (Å²) in [5, 5.41) is -0.286. The first-order valence-corrected chi connectivity index (χ1v) is 19.0. The van der Waals surface area contributed by atoms with E-state index in [4.69, 9.17) is 21.1 Å². The lowest BCUT2D eigenvalue weighted by atomic mass is 9.69. The van der Waals surface area contributed by atoms with Crippen LogP contribution < -0.4 is 9.64 Å². The lowest BCUT2D eigenvalue weighted by molar-refractivity contribution is -0.132. The van der Waals surface area contributed by atoms with Gasteiger partial charge in [0.1, 0.15) is 5.75 Å². The van der Waals surface area contributed by atoms with Crippen molar-refractivity contribution in [2.75, 3.05) is 45.3 Å². The molecule has 3 aliphatic rings. The number of esters is 1. The summed E-state index contributed by atoms with van der Waals surface area (Å²) < 4.78 is 37.8. The Kier molecular flexibility index (Phi) is 10.2. The second-order valence-corrected chi connectivity index (χ2v) is 16.7. The Morgan fingerprint density at radius 3 is 2.59 bits per heavy atom. The summed E-state index contributed by atoms with van der Waals surface area (Å²) in [5.41, 5.74) is 3.64. The molecule has 0 bridgehead atoms. The molecule has 2 aliphatic carbocycles. The van der Waals surface area contributed by atoms with Gasteiger partial charge in [0.2, 0.25) is 20.9 Å². The van der Waals surface area contributed by atoms with E-state index < -0.39 is 27.0 Å². The number of sulfone groups is 1. The van der Waals surface area contributed by atoms with Gasteiger partial charge in [-0.15, -0.1) is 0 Å². The first kappa shape index (κ1) is 35.1. The van der Waals surface area contributed by atoms with E-state index in [2.05, 4.69) is 27.0 Å². The number of halogens is 1. The lowest BCUT2D eigenvalue weighted by Gasteiger charge is -2.45. The van der Waals surface area contributed by atoms with E-state index in [9.17, 15) is 18.0 Å². The van der Waals surface area contributed by atoms with Gasteiger partial charge in [-0.05, 0) is 104 Å². The fourth-order valence-electron chi connectivity index (χ4n) is 7.72. The molecular weight excluding hydrogens is 664 g/mol. The molecule has 6 rings (SSSR count). The fourth-order valence-corrected chi connectivity index (χ4v) is 9.37. The third kappa shape index (κ3) is 7.15. The van der Waals surface area contributed by atoms with Crippen molar-refractivity contribution in [2.45, 2.75) is 68.2 Å². The molecule has 1 aromatic heterocycles. The van der Waals surface area contributed by atoms with Crippen molar-refractivity contribution in [3.8, 4) is 5.75 Å². The van der Waals surface area contributed by atoms with Crippen LogP contribution in [-0.4, -0.2) is 80.8 Å². The summed E-state index contributed by atoms with van der Waals surface area (Å²) in [4.78, 5) is 38.0. The largest absolute Gasteiger partial charge is 0.490 e. The molecule has 2 aromatic carbocycles. The van der Waals surface area contributed by atoms with Crippen LogP contribution >= 0.6 is 11.6 Å². The van der Waals surface area contributed by atoms with Crippen molar-refractivity contribution in [1.29, 1.82) is 0 Å². The minimum absolute atomic E-state index is 0.0816. The van der Waals surface area contributed by atoms with E-state index in [-0.39, 0.29) is 28.8 Å². The third-order valence-corrected chi connectivity index (χ3v) is 13.4. The number of amides is 1. The van der Waals surface area contributed by atoms with Crippen molar-refractivity contribution in [1.82, 2.24) is 14.9 Å². The highest BCUT2D eigenvalue weighted by Gasteiger charge is 2.44.